The number of hydrogen-bond donors (Lipinski definition) is 1. The van der Waals surface area contributed by atoms with Gasteiger partial charge in [0.25, 0.3) is 0 Å². The lowest BCUT2D eigenvalue weighted by atomic mass is 9.91. The third-order valence-corrected chi connectivity index (χ3v) is 3.94. The number of nitrogens with zero attached hydrogens (tertiary/aromatic N) is 1. The molecule has 0 aromatic heterocycles. The molecule has 102 valence electrons. The summed E-state index contributed by atoms with van der Waals surface area (Å²) in [7, 11) is 0. The van der Waals surface area contributed by atoms with Crippen LogP contribution < -0.4 is 5.73 Å². The van der Waals surface area contributed by atoms with Crippen molar-refractivity contribution in [1.29, 1.82) is 0 Å². The Bertz CT molecular complexity index is 365. The number of primary amides is 1. The Labute approximate surface area is 108 Å². The molecule has 0 aromatic carbocycles. The zero-order chi connectivity index (χ0) is 13.6. The molecule has 0 aromatic rings. The van der Waals surface area contributed by atoms with Gasteiger partial charge in [-0.05, 0) is 45.4 Å². The number of ether oxygens (including phenoxy) is 1. The average Bonchev–Trinajstić information content (AvgIpc) is 2.91. The molecule has 2 fully saturated rings. The monoisotopic (exact) mass is 254 g/mol. The van der Waals surface area contributed by atoms with E-state index in [-0.39, 0.29) is 23.3 Å². The Morgan fingerprint density at radius 3 is 2.22 bits per heavy atom. The van der Waals surface area contributed by atoms with Crippen molar-refractivity contribution in [1.82, 2.24) is 4.90 Å². The molecule has 5 nitrogen and oxygen atoms in total. The molecule has 2 rings (SSSR count). The molecule has 1 spiro atoms. The molecule has 1 saturated heterocycles. The molecule has 1 aliphatic carbocycles. The fourth-order valence-electron chi connectivity index (χ4n) is 2.76. The van der Waals surface area contributed by atoms with E-state index in [1.807, 2.05) is 20.8 Å². The van der Waals surface area contributed by atoms with Gasteiger partial charge in [-0.15, -0.1) is 0 Å². The molecule has 2 aliphatic rings. The van der Waals surface area contributed by atoms with E-state index in [1.165, 1.54) is 0 Å². The maximum Gasteiger partial charge on any atom is 0.410 e. The number of piperidine rings is 1. The van der Waals surface area contributed by atoms with Crippen LogP contribution >= 0.6 is 0 Å². The Morgan fingerprint density at radius 2 is 1.83 bits per heavy atom. The minimum absolute atomic E-state index is 0.0262. The summed E-state index contributed by atoms with van der Waals surface area (Å²) in [5.41, 5.74) is 4.97. The third kappa shape index (κ3) is 2.60. The van der Waals surface area contributed by atoms with Gasteiger partial charge in [-0.25, -0.2) is 4.79 Å². The van der Waals surface area contributed by atoms with E-state index < -0.39 is 5.60 Å². The highest BCUT2D eigenvalue weighted by Gasteiger charge is 2.58. The number of nitrogens with two attached hydrogens (primary N) is 1. The Balaban J connectivity index is 1.85. The van der Waals surface area contributed by atoms with Crippen molar-refractivity contribution in [3.8, 4) is 0 Å². The van der Waals surface area contributed by atoms with Crippen molar-refractivity contribution >= 4 is 12.0 Å². The van der Waals surface area contributed by atoms with Crippen molar-refractivity contribution in [3.63, 3.8) is 0 Å². The summed E-state index contributed by atoms with van der Waals surface area (Å²) in [5.74, 6) is -0.168. The smallest absolute Gasteiger partial charge is 0.410 e. The molecule has 0 bridgehead atoms. The molecule has 5 heteroatoms. The number of rotatable bonds is 1. The first-order valence-electron chi connectivity index (χ1n) is 6.51. The van der Waals surface area contributed by atoms with Gasteiger partial charge in [0, 0.05) is 19.0 Å². The lowest BCUT2D eigenvalue weighted by Crippen LogP contribution is -2.43. The van der Waals surface area contributed by atoms with Crippen molar-refractivity contribution in [2.45, 2.75) is 45.6 Å². The molecule has 1 aliphatic heterocycles. The first kappa shape index (κ1) is 13.2. The van der Waals surface area contributed by atoms with Crippen LogP contribution in [-0.2, 0) is 9.53 Å². The highest BCUT2D eigenvalue weighted by atomic mass is 16.6. The van der Waals surface area contributed by atoms with E-state index in [9.17, 15) is 9.59 Å². The normalized spacial score (nSPS) is 25.9. The van der Waals surface area contributed by atoms with Crippen molar-refractivity contribution in [2.24, 2.45) is 17.1 Å². The fourth-order valence-corrected chi connectivity index (χ4v) is 2.76. The van der Waals surface area contributed by atoms with Crippen LogP contribution in [-0.4, -0.2) is 35.6 Å². The third-order valence-electron chi connectivity index (χ3n) is 3.94. The van der Waals surface area contributed by atoms with E-state index in [4.69, 9.17) is 10.5 Å². The molecule has 2 amide bonds. The van der Waals surface area contributed by atoms with Gasteiger partial charge in [-0.3, -0.25) is 4.79 Å². The summed E-state index contributed by atoms with van der Waals surface area (Å²) in [6.45, 7) is 6.92. The highest BCUT2D eigenvalue weighted by molar-refractivity contribution is 5.81. The summed E-state index contributed by atoms with van der Waals surface area (Å²) >= 11 is 0. The van der Waals surface area contributed by atoms with Crippen molar-refractivity contribution in [3.05, 3.63) is 0 Å². The van der Waals surface area contributed by atoms with E-state index in [0.29, 0.717) is 13.1 Å². The van der Waals surface area contributed by atoms with E-state index >= 15 is 0 Å². The highest BCUT2D eigenvalue weighted by Crippen LogP contribution is 2.59. The van der Waals surface area contributed by atoms with Gasteiger partial charge in [-0.2, -0.15) is 0 Å². The predicted octanol–water partition coefficient (Wildman–Crippen LogP) is 1.51. The summed E-state index contributed by atoms with van der Waals surface area (Å²) in [6.07, 6.45) is 2.36. The van der Waals surface area contributed by atoms with Gasteiger partial charge in [0.2, 0.25) is 5.91 Å². The molecule has 0 unspecified atom stereocenters. The average molecular weight is 254 g/mol. The zero-order valence-electron chi connectivity index (χ0n) is 11.4. The van der Waals surface area contributed by atoms with Gasteiger partial charge in [0.15, 0.2) is 0 Å². The quantitative estimate of drug-likeness (QED) is 0.771. The second-order valence-corrected chi connectivity index (χ2v) is 6.49. The standard InChI is InChI=1S/C13H22N2O3/c1-12(2,3)18-11(17)15-6-4-13(5-7-15)8-9(13)10(14)16/h9H,4-8H2,1-3H3,(H2,14,16)/t9-/m1/s1. The molecule has 1 atom stereocenters. The molecular formula is C13H22N2O3. The van der Waals surface area contributed by atoms with E-state index in [1.54, 1.807) is 4.90 Å². The van der Waals surface area contributed by atoms with Gasteiger partial charge in [0.1, 0.15) is 5.60 Å². The number of amides is 2. The van der Waals surface area contributed by atoms with E-state index in [0.717, 1.165) is 19.3 Å². The van der Waals surface area contributed by atoms with Gasteiger partial charge in [-0.1, -0.05) is 0 Å². The lowest BCUT2D eigenvalue weighted by molar-refractivity contribution is -0.120. The van der Waals surface area contributed by atoms with Crippen LogP contribution in [0.5, 0.6) is 0 Å². The van der Waals surface area contributed by atoms with Gasteiger partial charge < -0.3 is 15.4 Å². The van der Waals surface area contributed by atoms with E-state index in [2.05, 4.69) is 0 Å². The van der Waals surface area contributed by atoms with Crippen LogP contribution in [0.4, 0.5) is 4.79 Å². The van der Waals surface area contributed by atoms with Crippen LogP contribution in [0.1, 0.15) is 40.0 Å². The first-order chi connectivity index (χ1) is 8.23. The second kappa shape index (κ2) is 4.14. The van der Waals surface area contributed by atoms with Crippen molar-refractivity contribution in [2.75, 3.05) is 13.1 Å². The lowest BCUT2D eigenvalue weighted by Gasteiger charge is -2.34. The molecule has 1 saturated carbocycles. The molecule has 1 heterocycles. The summed E-state index contributed by atoms with van der Waals surface area (Å²) in [5, 5.41) is 0. The number of likely N-dealkylation sites (tertiary alicyclic amines) is 1. The molecule has 18 heavy (non-hydrogen) atoms. The van der Waals surface area contributed by atoms with Crippen LogP contribution in [0, 0.1) is 11.3 Å². The summed E-state index contributed by atoms with van der Waals surface area (Å²) in [4.78, 5) is 24.8. The summed E-state index contributed by atoms with van der Waals surface area (Å²) in [6, 6.07) is 0. The predicted molar refractivity (Wildman–Crippen MR) is 66.8 cm³/mol. The Kier molecular flexibility index (Phi) is 3.03. The number of carbonyl (C=O) groups is 2. The Morgan fingerprint density at radius 1 is 1.28 bits per heavy atom. The van der Waals surface area contributed by atoms with Gasteiger partial charge in [0.05, 0.1) is 0 Å². The van der Waals surface area contributed by atoms with Crippen LogP contribution in [0.15, 0.2) is 0 Å². The minimum atomic E-state index is -0.457. The van der Waals surface area contributed by atoms with Gasteiger partial charge >= 0.3 is 6.09 Å². The second-order valence-electron chi connectivity index (χ2n) is 6.49. The van der Waals surface area contributed by atoms with Crippen LogP contribution in [0.3, 0.4) is 0 Å². The maximum atomic E-state index is 11.9. The first-order valence-corrected chi connectivity index (χ1v) is 6.51. The maximum absolute atomic E-state index is 11.9. The number of hydrogen-bond acceptors (Lipinski definition) is 3. The Hall–Kier alpha value is -1.26. The topological polar surface area (TPSA) is 72.6 Å². The largest absolute Gasteiger partial charge is 0.444 e. The molecule has 0 radical (unpaired) electrons. The molecule has 2 N–H and O–H groups in total. The van der Waals surface area contributed by atoms with Crippen LogP contribution in [0.25, 0.3) is 0 Å². The number of carbonyl (C=O) groups excluding carboxylic acids is 2. The van der Waals surface area contributed by atoms with Crippen LogP contribution in [0.2, 0.25) is 0 Å². The zero-order valence-corrected chi connectivity index (χ0v) is 11.4. The molecular weight excluding hydrogens is 232 g/mol. The fraction of sp³-hybridized carbons (Fsp3) is 0.846. The summed E-state index contributed by atoms with van der Waals surface area (Å²) < 4.78 is 5.34. The van der Waals surface area contributed by atoms with Crippen molar-refractivity contribution < 1.29 is 14.3 Å². The minimum Gasteiger partial charge on any atom is -0.444 e. The SMILES string of the molecule is CC(C)(C)OC(=O)N1CCC2(CC1)C[C@@H]2C(N)=O.